The standard InChI is InChI=1S/C16H19NO2/c1-12-9-15(7-8-16(12)18)17-10-13-5-3-4-6-14(13)11-19-2/h3-9,17-18H,10-11H2,1-2H3. The molecule has 0 aliphatic carbocycles. The lowest BCUT2D eigenvalue weighted by atomic mass is 10.1. The van der Waals surface area contributed by atoms with Gasteiger partial charge < -0.3 is 15.2 Å². The highest BCUT2D eigenvalue weighted by Gasteiger charge is 2.02. The number of ether oxygens (including phenoxy) is 1. The van der Waals surface area contributed by atoms with Gasteiger partial charge in [0.1, 0.15) is 5.75 Å². The van der Waals surface area contributed by atoms with Gasteiger partial charge in [0.15, 0.2) is 0 Å². The first-order chi connectivity index (χ1) is 9.20. The third kappa shape index (κ3) is 3.48. The predicted octanol–water partition coefficient (Wildman–Crippen LogP) is 3.46. The van der Waals surface area contributed by atoms with Crippen LogP contribution in [0.2, 0.25) is 0 Å². The van der Waals surface area contributed by atoms with Crippen molar-refractivity contribution in [3.8, 4) is 5.75 Å². The van der Waals surface area contributed by atoms with Crippen molar-refractivity contribution in [3.63, 3.8) is 0 Å². The number of anilines is 1. The van der Waals surface area contributed by atoms with E-state index in [-0.39, 0.29) is 0 Å². The number of phenolic OH excluding ortho intramolecular Hbond substituents is 1. The van der Waals surface area contributed by atoms with Gasteiger partial charge in [-0.1, -0.05) is 24.3 Å². The van der Waals surface area contributed by atoms with Crippen molar-refractivity contribution in [2.45, 2.75) is 20.1 Å². The quantitative estimate of drug-likeness (QED) is 0.806. The zero-order valence-corrected chi connectivity index (χ0v) is 11.3. The fourth-order valence-electron chi connectivity index (χ4n) is 1.99. The van der Waals surface area contributed by atoms with Crippen LogP contribution in [0.4, 0.5) is 5.69 Å². The summed E-state index contributed by atoms with van der Waals surface area (Å²) in [6.07, 6.45) is 0. The number of nitrogens with one attached hydrogen (secondary N) is 1. The van der Waals surface area contributed by atoms with Crippen molar-refractivity contribution in [1.82, 2.24) is 0 Å². The van der Waals surface area contributed by atoms with E-state index in [1.165, 1.54) is 11.1 Å². The Morgan fingerprint density at radius 2 is 1.84 bits per heavy atom. The molecule has 0 unspecified atom stereocenters. The van der Waals surface area contributed by atoms with Crippen molar-refractivity contribution < 1.29 is 9.84 Å². The van der Waals surface area contributed by atoms with E-state index in [1.807, 2.05) is 31.2 Å². The van der Waals surface area contributed by atoms with Crippen LogP contribution in [0.15, 0.2) is 42.5 Å². The van der Waals surface area contributed by atoms with Crippen LogP contribution in [-0.4, -0.2) is 12.2 Å². The van der Waals surface area contributed by atoms with E-state index in [9.17, 15) is 5.11 Å². The third-order valence-corrected chi connectivity index (χ3v) is 3.10. The van der Waals surface area contributed by atoms with Gasteiger partial charge in [0.2, 0.25) is 0 Å². The summed E-state index contributed by atoms with van der Waals surface area (Å²) in [5.74, 6) is 0.324. The SMILES string of the molecule is COCc1ccccc1CNc1ccc(O)c(C)c1. The average Bonchev–Trinajstić information content (AvgIpc) is 2.42. The summed E-state index contributed by atoms with van der Waals surface area (Å²) in [4.78, 5) is 0. The highest BCUT2D eigenvalue weighted by Crippen LogP contribution is 2.21. The van der Waals surface area contributed by atoms with Crippen LogP contribution in [0, 0.1) is 6.92 Å². The molecule has 0 fully saturated rings. The maximum absolute atomic E-state index is 9.50. The lowest BCUT2D eigenvalue weighted by molar-refractivity contribution is 0.184. The summed E-state index contributed by atoms with van der Waals surface area (Å²) in [5.41, 5.74) is 4.28. The fourth-order valence-corrected chi connectivity index (χ4v) is 1.99. The largest absolute Gasteiger partial charge is 0.508 e. The molecule has 0 saturated heterocycles. The number of hydrogen-bond acceptors (Lipinski definition) is 3. The average molecular weight is 257 g/mol. The van der Waals surface area contributed by atoms with Crippen LogP contribution < -0.4 is 5.32 Å². The number of aryl methyl sites for hydroxylation is 1. The zero-order chi connectivity index (χ0) is 13.7. The molecule has 0 amide bonds. The van der Waals surface area contributed by atoms with Crippen LogP contribution in [0.5, 0.6) is 5.75 Å². The molecule has 0 heterocycles. The molecule has 0 aliphatic rings. The molecule has 19 heavy (non-hydrogen) atoms. The Morgan fingerprint density at radius 1 is 1.11 bits per heavy atom. The van der Waals surface area contributed by atoms with E-state index >= 15 is 0 Å². The summed E-state index contributed by atoms with van der Waals surface area (Å²) < 4.78 is 5.19. The second-order valence-electron chi connectivity index (χ2n) is 4.56. The lowest BCUT2D eigenvalue weighted by Gasteiger charge is -2.11. The molecule has 100 valence electrons. The molecule has 2 N–H and O–H groups in total. The van der Waals surface area contributed by atoms with Crippen molar-refractivity contribution in [3.05, 3.63) is 59.2 Å². The number of phenols is 1. The van der Waals surface area contributed by atoms with Gasteiger partial charge in [0, 0.05) is 19.3 Å². The molecule has 2 rings (SSSR count). The van der Waals surface area contributed by atoms with Crippen LogP contribution in [0.25, 0.3) is 0 Å². The Bertz CT molecular complexity index is 552. The van der Waals surface area contributed by atoms with Crippen LogP contribution in [-0.2, 0) is 17.9 Å². The second kappa shape index (κ2) is 6.25. The minimum atomic E-state index is 0.324. The first-order valence-corrected chi connectivity index (χ1v) is 6.30. The van der Waals surface area contributed by atoms with E-state index in [2.05, 4.69) is 17.4 Å². The highest BCUT2D eigenvalue weighted by atomic mass is 16.5. The summed E-state index contributed by atoms with van der Waals surface area (Å²) in [7, 11) is 1.70. The topological polar surface area (TPSA) is 41.5 Å². The first kappa shape index (κ1) is 13.4. The van der Waals surface area contributed by atoms with Gasteiger partial charge >= 0.3 is 0 Å². The van der Waals surface area contributed by atoms with Gasteiger partial charge in [-0.2, -0.15) is 0 Å². The molecule has 3 heteroatoms. The van der Waals surface area contributed by atoms with Crippen molar-refractivity contribution >= 4 is 5.69 Å². The van der Waals surface area contributed by atoms with Crippen molar-refractivity contribution in [1.29, 1.82) is 0 Å². The van der Waals surface area contributed by atoms with Gasteiger partial charge in [-0.05, 0) is 41.8 Å². The smallest absolute Gasteiger partial charge is 0.118 e. The molecule has 2 aromatic carbocycles. The Balaban J connectivity index is 2.07. The van der Waals surface area contributed by atoms with E-state index < -0.39 is 0 Å². The normalized spacial score (nSPS) is 10.4. The Morgan fingerprint density at radius 3 is 2.53 bits per heavy atom. The monoisotopic (exact) mass is 257 g/mol. The molecular weight excluding hydrogens is 238 g/mol. The Hall–Kier alpha value is -2.00. The number of aromatic hydroxyl groups is 1. The second-order valence-corrected chi connectivity index (χ2v) is 4.56. The Kier molecular flexibility index (Phi) is 4.42. The van der Waals surface area contributed by atoms with Gasteiger partial charge in [-0.15, -0.1) is 0 Å². The molecule has 0 spiro atoms. The molecular formula is C16H19NO2. The van der Waals surface area contributed by atoms with Crippen LogP contribution >= 0.6 is 0 Å². The van der Waals surface area contributed by atoms with Crippen molar-refractivity contribution in [2.24, 2.45) is 0 Å². The number of rotatable bonds is 5. The molecule has 3 nitrogen and oxygen atoms in total. The minimum absolute atomic E-state index is 0.324. The summed E-state index contributed by atoms with van der Waals surface area (Å²) >= 11 is 0. The van der Waals surface area contributed by atoms with Gasteiger partial charge in [0.25, 0.3) is 0 Å². The van der Waals surface area contributed by atoms with Gasteiger partial charge in [-0.25, -0.2) is 0 Å². The first-order valence-electron chi connectivity index (χ1n) is 6.30. The van der Waals surface area contributed by atoms with Crippen LogP contribution in [0.3, 0.4) is 0 Å². The van der Waals surface area contributed by atoms with Gasteiger partial charge in [0.05, 0.1) is 6.61 Å². The van der Waals surface area contributed by atoms with E-state index in [1.54, 1.807) is 13.2 Å². The van der Waals surface area contributed by atoms with Gasteiger partial charge in [-0.3, -0.25) is 0 Å². The van der Waals surface area contributed by atoms with E-state index in [0.717, 1.165) is 17.8 Å². The summed E-state index contributed by atoms with van der Waals surface area (Å²) in [6, 6.07) is 13.7. The molecule has 0 aliphatic heterocycles. The fraction of sp³-hybridized carbons (Fsp3) is 0.250. The number of hydrogen-bond donors (Lipinski definition) is 2. The Labute approximate surface area is 113 Å². The third-order valence-electron chi connectivity index (χ3n) is 3.10. The zero-order valence-electron chi connectivity index (χ0n) is 11.3. The maximum Gasteiger partial charge on any atom is 0.118 e. The molecule has 2 aromatic rings. The van der Waals surface area contributed by atoms with Crippen LogP contribution in [0.1, 0.15) is 16.7 Å². The maximum atomic E-state index is 9.50. The highest BCUT2D eigenvalue weighted by molar-refractivity contribution is 5.50. The molecule has 0 aromatic heterocycles. The predicted molar refractivity (Wildman–Crippen MR) is 77.3 cm³/mol. The molecule has 0 bridgehead atoms. The molecule has 0 saturated carbocycles. The minimum Gasteiger partial charge on any atom is -0.508 e. The summed E-state index contributed by atoms with van der Waals surface area (Å²) in [5, 5.41) is 12.9. The van der Waals surface area contributed by atoms with E-state index in [0.29, 0.717) is 12.4 Å². The lowest BCUT2D eigenvalue weighted by Crippen LogP contribution is -2.03. The number of methoxy groups -OCH3 is 1. The summed E-state index contributed by atoms with van der Waals surface area (Å²) in [6.45, 7) is 3.25. The number of benzene rings is 2. The van der Waals surface area contributed by atoms with E-state index in [4.69, 9.17) is 4.74 Å². The molecule has 0 radical (unpaired) electrons. The molecule has 0 atom stereocenters. The van der Waals surface area contributed by atoms with Crippen molar-refractivity contribution in [2.75, 3.05) is 12.4 Å².